The van der Waals surface area contributed by atoms with Gasteiger partial charge in [0.05, 0.1) is 6.61 Å². The molecule has 0 aliphatic rings. The van der Waals surface area contributed by atoms with Crippen molar-refractivity contribution in [3.8, 4) is 5.75 Å². The van der Waals surface area contributed by atoms with Gasteiger partial charge in [-0.3, -0.25) is 0 Å². The third-order valence-electron chi connectivity index (χ3n) is 3.67. The summed E-state index contributed by atoms with van der Waals surface area (Å²) < 4.78 is 10.4. The molecule has 0 fully saturated rings. The number of aliphatic hydroxyl groups is 2. The maximum absolute atomic E-state index is 11.7. The van der Waals surface area contributed by atoms with Crippen LogP contribution in [0, 0.1) is 0 Å². The molecule has 0 radical (unpaired) electrons. The van der Waals surface area contributed by atoms with Gasteiger partial charge in [-0.05, 0) is 37.1 Å². The fourth-order valence-electron chi connectivity index (χ4n) is 2.20. The van der Waals surface area contributed by atoms with Gasteiger partial charge in [-0.25, -0.2) is 4.79 Å². The second-order valence-corrected chi connectivity index (χ2v) is 5.61. The van der Waals surface area contributed by atoms with Crippen molar-refractivity contribution in [2.45, 2.75) is 32.2 Å². The smallest absolute Gasteiger partial charge is 0.340 e. The van der Waals surface area contributed by atoms with Crippen LogP contribution in [0.2, 0.25) is 0 Å². The quantitative estimate of drug-likeness (QED) is 0.763. The molecule has 0 aromatic heterocycles. The maximum Gasteiger partial charge on any atom is 0.340 e. The number of aliphatic hydroxyl groups excluding tert-OH is 1. The molecular formula is C19H22O5. The highest BCUT2D eigenvalue weighted by Gasteiger charge is 2.40. The lowest BCUT2D eigenvalue weighted by Crippen LogP contribution is -2.42. The monoisotopic (exact) mass is 330 g/mol. The Morgan fingerprint density at radius 2 is 1.75 bits per heavy atom. The molecule has 0 spiro atoms. The van der Waals surface area contributed by atoms with Crippen LogP contribution < -0.4 is 4.74 Å². The molecule has 0 saturated carbocycles. The minimum Gasteiger partial charge on any atom is -0.489 e. The molecule has 2 aromatic rings. The van der Waals surface area contributed by atoms with E-state index in [2.05, 4.69) is 0 Å². The molecule has 2 unspecified atom stereocenters. The van der Waals surface area contributed by atoms with Gasteiger partial charge in [-0.2, -0.15) is 0 Å². The maximum atomic E-state index is 11.7. The van der Waals surface area contributed by atoms with Gasteiger partial charge < -0.3 is 19.7 Å². The van der Waals surface area contributed by atoms with Crippen LogP contribution in [0.15, 0.2) is 54.6 Å². The molecule has 2 aromatic carbocycles. The summed E-state index contributed by atoms with van der Waals surface area (Å²) in [5.74, 6) is -0.229. The molecule has 0 bridgehead atoms. The minimum atomic E-state index is -2.01. The number of hydrogen-bond donors (Lipinski definition) is 2. The van der Waals surface area contributed by atoms with Gasteiger partial charge in [0.2, 0.25) is 0 Å². The zero-order valence-corrected chi connectivity index (χ0v) is 13.8. The summed E-state index contributed by atoms with van der Waals surface area (Å²) in [6.07, 6.45) is -1.39. The summed E-state index contributed by atoms with van der Waals surface area (Å²) in [5.41, 5.74) is -0.561. The molecule has 2 N–H and O–H groups in total. The Kier molecular flexibility index (Phi) is 5.95. The Morgan fingerprint density at radius 3 is 2.33 bits per heavy atom. The summed E-state index contributed by atoms with van der Waals surface area (Å²) in [6.45, 7) is 3.44. The predicted molar refractivity (Wildman–Crippen MR) is 89.4 cm³/mol. The Bertz CT molecular complexity index is 649. The van der Waals surface area contributed by atoms with Crippen LogP contribution in [-0.2, 0) is 16.1 Å². The summed E-state index contributed by atoms with van der Waals surface area (Å²) in [7, 11) is 0. The number of rotatable bonds is 7. The van der Waals surface area contributed by atoms with Gasteiger partial charge in [-0.15, -0.1) is 0 Å². The molecule has 128 valence electrons. The number of ether oxygens (including phenoxy) is 2. The first-order valence-electron chi connectivity index (χ1n) is 7.79. The van der Waals surface area contributed by atoms with Crippen molar-refractivity contribution in [2.24, 2.45) is 0 Å². The van der Waals surface area contributed by atoms with Crippen molar-refractivity contribution < 1.29 is 24.5 Å². The largest absolute Gasteiger partial charge is 0.489 e. The molecule has 24 heavy (non-hydrogen) atoms. The van der Waals surface area contributed by atoms with Crippen LogP contribution in [0.1, 0.15) is 31.1 Å². The van der Waals surface area contributed by atoms with Gasteiger partial charge in [0.1, 0.15) is 18.5 Å². The number of esters is 1. The predicted octanol–water partition coefficient (Wildman–Crippen LogP) is 2.61. The minimum absolute atomic E-state index is 0.133. The van der Waals surface area contributed by atoms with E-state index in [1.807, 2.05) is 30.3 Å². The van der Waals surface area contributed by atoms with E-state index in [1.54, 1.807) is 31.2 Å². The number of hydrogen-bond acceptors (Lipinski definition) is 5. The SMILES string of the molecule is CCOC(=O)C(C)(O)C(O)c1ccc(OCc2ccccc2)cc1. The van der Waals surface area contributed by atoms with Crippen LogP contribution >= 0.6 is 0 Å². The fourth-order valence-corrected chi connectivity index (χ4v) is 2.20. The Labute approximate surface area is 141 Å². The van der Waals surface area contributed by atoms with Crippen molar-refractivity contribution in [1.82, 2.24) is 0 Å². The summed E-state index contributed by atoms with van der Waals surface area (Å²) in [6, 6.07) is 16.3. The molecule has 5 heteroatoms. The second-order valence-electron chi connectivity index (χ2n) is 5.61. The Balaban J connectivity index is 2.01. The van der Waals surface area contributed by atoms with Crippen molar-refractivity contribution in [3.05, 3.63) is 65.7 Å². The molecule has 5 nitrogen and oxygen atoms in total. The van der Waals surface area contributed by atoms with Gasteiger partial charge in [0.25, 0.3) is 0 Å². The van der Waals surface area contributed by atoms with Crippen molar-refractivity contribution in [2.75, 3.05) is 6.61 Å². The summed E-state index contributed by atoms with van der Waals surface area (Å²) in [4.78, 5) is 11.7. The van der Waals surface area contributed by atoms with Crippen molar-refractivity contribution in [1.29, 1.82) is 0 Å². The Morgan fingerprint density at radius 1 is 1.12 bits per heavy atom. The number of carbonyl (C=O) groups is 1. The molecule has 2 rings (SSSR count). The van der Waals surface area contributed by atoms with Crippen LogP contribution in [0.4, 0.5) is 0 Å². The van der Waals surface area contributed by atoms with Gasteiger partial charge in [0, 0.05) is 0 Å². The average molecular weight is 330 g/mol. The second kappa shape index (κ2) is 7.95. The third-order valence-corrected chi connectivity index (χ3v) is 3.67. The standard InChI is InChI=1S/C19H22O5/c1-3-23-18(21)19(2,22)17(20)15-9-11-16(12-10-15)24-13-14-7-5-4-6-8-14/h4-12,17,20,22H,3,13H2,1-2H3. The third kappa shape index (κ3) is 4.34. The lowest BCUT2D eigenvalue weighted by Gasteiger charge is -2.27. The fraction of sp³-hybridized carbons (Fsp3) is 0.316. The highest BCUT2D eigenvalue weighted by molar-refractivity contribution is 5.79. The molecule has 0 aliphatic heterocycles. The first-order valence-corrected chi connectivity index (χ1v) is 7.79. The molecule has 0 aliphatic carbocycles. The highest BCUT2D eigenvalue weighted by Crippen LogP contribution is 2.28. The molecular weight excluding hydrogens is 308 g/mol. The summed E-state index contributed by atoms with van der Waals surface area (Å²) in [5, 5.41) is 20.5. The van der Waals surface area contributed by atoms with E-state index in [9.17, 15) is 15.0 Å². The van der Waals surface area contributed by atoms with Crippen LogP contribution in [0.25, 0.3) is 0 Å². The van der Waals surface area contributed by atoms with Crippen LogP contribution in [0.5, 0.6) is 5.75 Å². The van der Waals surface area contributed by atoms with E-state index in [1.165, 1.54) is 6.92 Å². The lowest BCUT2D eigenvalue weighted by molar-refractivity contribution is -0.175. The van der Waals surface area contributed by atoms with Gasteiger partial charge in [0.15, 0.2) is 5.60 Å². The first-order chi connectivity index (χ1) is 11.4. The van der Waals surface area contributed by atoms with Crippen LogP contribution in [0.3, 0.4) is 0 Å². The summed E-state index contributed by atoms with van der Waals surface area (Å²) >= 11 is 0. The lowest BCUT2D eigenvalue weighted by atomic mass is 9.93. The van der Waals surface area contributed by atoms with Gasteiger partial charge >= 0.3 is 5.97 Å². The molecule has 2 atom stereocenters. The van der Waals surface area contributed by atoms with E-state index in [0.717, 1.165) is 5.56 Å². The number of carbonyl (C=O) groups excluding carboxylic acids is 1. The zero-order valence-electron chi connectivity index (χ0n) is 13.8. The van der Waals surface area contributed by atoms with E-state index in [4.69, 9.17) is 9.47 Å². The zero-order chi connectivity index (χ0) is 17.6. The highest BCUT2D eigenvalue weighted by atomic mass is 16.6. The molecule has 0 amide bonds. The van der Waals surface area contributed by atoms with E-state index >= 15 is 0 Å². The molecule has 0 heterocycles. The van der Waals surface area contributed by atoms with E-state index in [-0.39, 0.29) is 6.61 Å². The topological polar surface area (TPSA) is 76.0 Å². The number of benzene rings is 2. The van der Waals surface area contributed by atoms with Crippen molar-refractivity contribution in [3.63, 3.8) is 0 Å². The molecule has 0 saturated heterocycles. The first kappa shape index (κ1) is 18.0. The van der Waals surface area contributed by atoms with E-state index < -0.39 is 17.7 Å². The average Bonchev–Trinajstić information content (AvgIpc) is 2.61. The normalized spacial score (nSPS) is 14.5. The Hall–Kier alpha value is -2.37. The van der Waals surface area contributed by atoms with Crippen LogP contribution in [-0.4, -0.2) is 28.4 Å². The van der Waals surface area contributed by atoms with Gasteiger partial charge in [-0.1, -0.05) is 42.5 Å². The van der Waals surface area contributed by atoms with Crippen molar-refractivity contribution >= 4 is 5.97 Å². The van der Waals surface area contributed by atoms with E-state index in [0.29, 0.717) is 17.9 Å².